The Kier molecular flexibility index (Phi) is 3.11. The van der Waals surface area contributed by atoms with Gasteiger partial charge in [0, 0.05) is 29.2 Å². The lowest BCUT2D eigenvalue weighted by Gasteiger charge is -2.18. The van der Waals surface area contributed by atoms with Gasteiger partial charge in [0.15, 0.2) is 0 Å². The summed E-state index contributed by atoms with van der Waals surface area (Å²) in [7, 11) is 1.94. The molecule has 96 valence electrons. The number of hydrogen-bond acceptors (Lipinski definition) is 1. The number of carbonyl (C=O) groups is 1. The highest BCUT2D eigenvalue weighted by molar-refractivity contribution is 6.31. The summed E-state index contributed by atoms with van der Waals surface area (Å²) in [6.07, 6.45) is 2.48. The Labute approximate surface area is 111 Å². The summed E-state index contributed by atoms with van der Waals surface area (Å²) in [4.78, 5) is 11.2. The maximum Gasteiger partial charge on any atom is 0.309 e. The summed E-state index contributed by atoms with van der Waals surface area (Å²) in [5, 5.41) is 11.0. The van der Waals surface area contributed by atoms with E-state index in [-0.39, 0.29) is 0 Å². The van der Waals surface area contributed by atoms with Gasteiger partial charge in [-0.25, -0.2) is 0 Å². The highest BCUT2D eigenvalue weighted by atomic mass is 35.5. The first-order valence-electron chi connectivity index (χ1n) is 5.78. The van der Waals surface area contributed by atoms with Crippen molar-refractivity contribution in [2.24, 2.45) is 12.5 Å². The van der Waals surface area contributed by atoms with Gasteiger partial charge in [-0.2, -0.15) is 0 Å². The normalized spacial score (nSPS) is 12.0. The second-order valence-corrected chi connectivity index (χ2v) is 5.73. The summed E-state index contributed by atoms with van der Waals surface area (Å²) >= 11 is 5.98. The van der Waals surface area contributed by atoms with E-state index in [2.05, 4.69) is 0 Å². The van der Waals surface area contributed by atoms with Gasteiger partial charge in [0.2, 0.25) is 0 Å². The van der Waals surface area contributed by atoms with Gasteiger partial charge in [-0.1, -0.05) is 17.7 Å². The minimum absolute atomic E-state index is 0.501. The molecule has 0 saturated heterocycles. The molecule has 3 nitrogen and oxygen atoms in total. The summed E-state index contributed by atoms with van der Waals surface area (Å²) in [6, 6.07) is 5.68. The highest BCUT2D eigenvalue weighted by Crippen LogP contribution is 2.29. The zero-order valence-corrected chi connectivity index (χ0v) is 11.5. The minimum atomic E-state index is -0.784. The van der Waals surface area contributed by atoms with Crippen LogP contribution >= 0.6 is 11.6 Å². The SMILES string of the molecule is Cn1cc(CC(C)(C)C(=O)O)c2ccc(Cl)cc21. The van der Waals surface area contributed by atoms with Crippen LogP contribution in [-0.2, 0) is 18.3 Å². The molecule has 0 fully saturated rings. The lowest BCUT2D eigenvalue weighted by Crippen LogP contribution is -2.26. The van der Waals surface area contributed by atoms with Gasteiger partial charge in [0.25, 0.3) is 0 Å². The number of aliphatic carboxylic acids is 1. The third kappa shape index (κ3) is 2.23. The molecule has 0 saturated carbocycles. The average Bonchev–Trinajstić information content (AvgIpc) is 2.54. The lowest BCUT2D eigenvalue weighted by atomic mass is 9.86. The van der Waals surface area contributed by atoms with Crippen molar-refractivity contribution in [2.45, 2.75) is 20.3 Å². The predicted molar refractivity (Wildman–Crippen MR) is 73.0 cm³/mol. The Morgan fingerprint density at radius 1 is 1.44 bits per heavy atom. The average molecular weight is 266 g/mol. The molecule has 0 radical (unpaired) electrons. The quantitative estimate of drug-likeness (QED) is 0.923. The topological polar surface area (TPSA) is 42.2 Å². The van der Waals surface area contributed by atoms with Crippen LogP contribution in [0, 0.1) is 5.41 Å². The second kappa shape index (κ2) is 4.32. The van der Waals surface area contributed by atoms with Crippen molar-refractivity contribution in [3.8, 4) is 0 Å². The minimum Gasteiger partial charge on any atom is -0.481 e. The summed E-state index contributed by atoms with van der Waals surface area (Å²) in [5.41, 5.74) is 1.30. The van der Waals surface area contributed by atoms with Crippen LogP contribution in [0.4, 0.5) is 0 Å². The summed E-state index contributed by atoms with van der Waals surface area (Å²) < 4.78 is 1.98. The van der Waals surface area contributed by atoms with Crippen LogP contribution in [0.1, 0.15) is 19.4 Å². The van der Waals surface area contributed by atoms with Crippen LogP contribution in [0.15, 0.2) is 24.4 Å². The molecule has 1 aromatic heterocycles. The number of fused-ring (bicyclic) bond motifs is 1. The number of carboxylic acids is 1. The van der Waals surface area contributed by atoms with Crippen molar-refractivity contribution in [1.29, 1.82) is 0 Å². The number of carboxylic acid groups (broad SMARTS) is 1. The fraction of sp³-hybridized carbons (Fsp3) is 0.357. The van der Waals surface area contributed by atoms with E-state index in [9.17, 15) is 9.90 Å². The van der Waals surface area contributed by atoms with Crippen molar-refractivity contribution in [2.75, 3.05) is 0 Å². The third-order valence-electron chi connectivity index (χ3n) is 3.25. The molecular weight excluding hydrogens is 250 g/mol. The van der Waals surface area contributed by atoms with Gasteiger partial charge in [0.1, 0.15) is 0 Å². The van der Waals surface area contributed by atoms with E-state index in [0.29, 0.717) is 11.4 Å². The van der Waals surface area contributed by atoms with Crippen LogP contribution in [-0.4, -0.2) is 15.6 Å². The molecule has 0 spiro atoms. The molecule has 2 aromatic rings. The Morgan fingerprint density at radius 3 is 2.72 bits per heavy atom. The maximum absolute atomic E-state index is 11.2. The van der Waals surface area contributed by atoms with E-state index in [0.717, 1.165) is 16.5 Å². The summed E-state index contributed by atoms with van der Waals surface area (Å²) in [5.74, 6) is -0.784. The molecule has 2 rings (SSSR count). The number of aryl methyl sites for hydroxylation is 1. The molecular formula is C14H16ClNO2. The van der Waals surface area contributed by atoms with Gasteiger partial charge in [-0.3, -0.25) is 4.79 Å². The van der Waals surface area contributed by atoms with Crippen molar-refractivity contribution in [3.05, 3.63) is 35.0 Å². The van der Waals surface area contributed by atoms with Crippen LogP contribution in [0.2, 0.25) is 5.02 Å². The largest absolute Gasteiger partial charge is 0.481 e. The van der Waals surface area contributed by atoms with E-state index >= 15 is 0 Å². The molecule has 18 heavy (non-hydrogen) atoms. The standard InChI is InChI=1S/C14H16ClNO2/c1-14(2,13(17)18)7-9-8-16(3)12-6-10(15)4-5-11(9)12/h4-6,8H,7H2,1-3H3,(H,17,18). The molecule has 1 N–H and O–H groups in total. The van der Waals surface area contributed by atoms with Gasteiger partial charge in [-0.15, -0.1) is 0 Å². The number of nitrogens with zero attached hydrogens (tertiary/aromatic N) is 1. The Hall–Kier alpha value is -1.48. The van der Waals surface area contributed by atoms with Crippen LogP contribution in [0.25, 0.3) is 10.9 Å². The van der Waals surface area contributed by atoms with Crippen molar-refractivity contribution in [1.82, 2.24) is 4.57 Å². The molecule has 1 heterocycles. The van der Waals surface area contributed by atoms with E-state index < -0.39 is 11.4 Å². The molecule has 0 amide bonds. The lowest BCUT2D eigenvalue weighted by molar-refractivity contribution is -0.146. The zero-order valence-electron chi connectivity index (χ0n) is 10.7. The monoisotopic (exact) mass is 265 g/mol. The Balaban J connectivity index is 2.50. The molecule has 0 aliphatic carbocycles. The predicted octanol–water partition coefficient (Wildman–Crippen LogP) is 3.49. The molecule has 0 atom stereocenters. The van der Waals surface area contributed by atoms with Gasteiger partial charge in [0.05, 0.1) is 5.41 Å². The first-order chi connectivity index (χ1) is 8.31. The van der Waals surface area contributed by atoms with E-state index in [1.54, 1.807) is 13.8 Å². The highest BCUT2D eigenvalue weighted by Gasteiger charge is 2.28. The molecule has 0 aliphatic rings. The number of rotatable bonds is 3. The van der Waals surface area contributed by atoms with Gasteiger partial charge >= 0.3 is 5.97 Å². The number of hydrogen-bond donors (Lipinski definition) is 1. The smallest absolute Gasteiger partial charge is 0.309 e. The van der Waals surface area contributed by atoms with Gasteiger partial charge < -0.3 is 9.67 Å². The fourth-order valence-corrected chi connectivity index (χ4v) is 2.30. The second-order valence-electron chi connectivity index (χ2n) is 5.29. The number of halogens is 1. The van der Waals surface area contributed by atoms with Crippen LogP contribution in [0.5, 0.6) is 0 Å². The number of aromatic nitrogens is 1. The first-order valence-corrected chi connectivity index (χ1v) is 6.16. The van der Waals surface area contributed by atoms with Crippen molar-refractivity contribution < 1.29 is 9.90 Å². The first kappa shape index (κ1) is 13.0. The molecule has 0 bridgehead atoms. The van der Waals surface area contributed by atoms with E-state index in [4.69, 9.17) is 11.6 Å². The van der Waals surface area contributed by atoms with E-state index in [1.165, 1.54) is 0 Å². The fourth-order valence-electron chi connectivity index (χ4n) is 2.13. The molecule has 0 unspecified atom stereocenters. The third-order valence-corrected chi connectivity index (χ3v) is 3.48. The molecule has 1 aromatic carbocycles. The molecule has 4 heteroatoms. The number of benzene rings is 1. The van der Waals surface area contributed by atoms with Crippen LogP contribution < -0.4 is 0 Å². The van der Waals surface area contributed by atoms with Crippen molar-refractivity contribution >= 4 is 28.5 Å². The molecule has 0 aliphatic heterocycles. The Morgan fingerprint density at radius 2 is 2.11 bits per heavy atom. The van der Waals surface area contributed by atoms with Crippen molar-refractivity contribution in [3.63, 3.8) is 0 Å². The zero-order chi connectivity index (χ0) is 13.5. The summed E-state index contributed by atoms with van der Waals surface area (Å²) in [6.45, 7) is 3.48. The van der Waals surface area contributed by atoms with Crippen LogP contribution in [0.3, 0.4) is 0 Å². The van der Waals surface area contributed by atoms with E-state index in [1.807, 2.05) is 36.0 Å². The Bertz CT molecular complexity index is 614. The maximum atomic E-state index is 11.2. The van der Waals surface area contributed by atoms with Gasteiger partial charge in [-0.05, 0) is 38.0 Å².